The van der Waals surface area contributed by atoms with Gasteiger partial charge in [-0.25, -0.2) is 5.01 Å². The lowest BCUT2D eigenvalue weighted by molar-refractivity contribution is -0.0192. The molecule has 5 rings (SSSR count). The van der Waals surface area contributed by atoms with Gasteiger partial charge in [-0.05, 0) is 48.9 Å². The van der Waals surface area contributed by atoms with E-state index in [1.54, 1.807) is 14.2 Å². The second kappa shape index (κ2) is 7.93. The first kappa shape index (κ1) is 19.9. The zero-order valence-corrected chi connectivity index (χ0v) is 19.2. The molecule has 0 aromatic heterocycles. The molecule has 2 atom stereocenters. The molecule has 0 saturated carbocycles. The average Bonchev–Trinajstić information content (AvgIpc) is 3.24. The second-order valence-electron chi connectivity index (χ2n) is 7.78. The molecule has 0 aliphatic carbocycles. The minimum Gasteiger partial charge on any atom is -0.493 e. The van der Waals surface area contributed by atoms with E-state index >= 15 is 0 Å². The molecular weight excluding hydrogens is 456 g/mol. The van der Waals surface area contributed by atoms with E-state index in [0.717, 1.165) is 39.0 Å². The summed E-state index contributed by atoms with van der Waals surface area (Å²) in [5, 5.41) is 7.11. The molecule has 31 heavy (non-hydrogen) atoms. The number of benzene rings is 3. The summed E-state index contributed by atoms with van der Waals surface area (Å²) in [6.07, 6.45) is 0.459. The van der Waals surface area contributed by atoms with Crippen molar-refractivity contribution in [3.63, 3.8) is 0 Å². The zero-order chi connectivity index (χ0) is 21.5. The first-order valence-electron chi connectivity index (χ1n) is 10.2. The maximum absolute atomic E-state index is 6.46. The standard InChI is InChI=1S/C25H23BrN2O3/c1-15-4-6-16(7-5-15)20-14-21-19-13-18(26)9-11-22(19)31-25(28(21)27-20)17-8-10-23(29-2)24(12-17)30-3/h4-13,21,25H,14H2,1-3H3/t21-,25-/m1/s1. The Balaban J connectivity index is 1.60. The molecule has 2 aliphatic heterocycles. The number of fused-ring (bicyclic) bond motifs is 3. The maximum atomic E-state index is 6.46. The average molecular weight is 479 g/mol. The van der Waals surface area contributed by atoms with Crippen LogP contribution < -0.4 is 14.2 Å². The highest BCUT2D eigenvalue weighted by Crippen LogP contribution is 2.48. The van der Waals surface area contributed by atoms with E-state index in [4.69, 9.17) is 19.3 Å². The lowest BCUT2D eigenvalue weighted by Crippen LogP contribution is -2.33. The van der Waals surface area contributed by atoms with Crippen LogP contribution in [0.1, 0.15) is 40.9 Å². The highest BCUT2D eigenvalue weighted by atomic mass is 79.9. The van der Waals surface area contributed by atoms with Crippen molar-refractivity contribution in [3.05, 3.63) is 87.4 Å². The molecule has 0 spiro atoms. The Morgan fingerprint density at radius 3 is 2.48 bits per heavy atom. The second-order valence-corrected chi connectivity index (χ2v) is 8.70. The fourth-order valence-corrected chi connectivity index (χ4v) is 4.58. The van der Waals surface area contributed by atoms with E-state index in [0.29, 0.717) is 11.5 Å². The third-order valence-electron chi connectivity index (χ3n) is 5.83. The summed E-state index contributed by atoms with van der Waals surface area (Å²) in [5.41, 5.74) is 5.54. The molecular formula is C25H23BrN2O3. The first-order valence-corrected chi connectivity index (χ1v) is 11.0. The van der Waals surface area contributed by atoms with Gasteiger partial charge in [-0.15, -0.1) is 0 Å². The number of ether oxygens (including phenoxy) is 3. The third-order valence-corrected chi connectivity index (χ3v) is 6.32. The number of hydrazone groups is 1. The largest absolute Gasteiger partial charge is 0.493 e. The van der Waals surface area contributed by atoms with E-state index in [1.165, 1.54) is 5.56 Å². The molecule has 0 fully saturated rings. The van der Waals surface area contributed by atoms with Crippen molar-refractivity contribution >= 4 is 21.6 Å². The van der Waals surface area contributed by atoms with Gasteiger partial charge in [-0.1, -0.05) is 45.8 Å². The molecule has 6 heteroatoms. The number of hydrogen-bond donors (Lipinski definition) is 0. The Morgan fingerprint density at radius 1 is 0.968 bits per heavy atom. The topological polar surface area (TPSA) is 43.3 Å². The van der Waals surface area contributed by atoms with Crippen molar-refractivity contribution in [2.45, 2.75) is 25.6 Å². The summed E-state index contributed by atoms with van der Waals surface area (Å²) < 4.78 is 18.4. The van der Waals surface area contributed by atoms with Crippen molar-refractivity contribution < 1.29 is 14.2 Å². The number of hydrogen-bond acceptors (Lipinski definition) is 5. The molecule has 3 aromatic carbocycles. The fourth-order valence-electron chi connectivity index (χ4n) is 4.20. The third kappa shape index (κ3) is 3.55. The van der Waals surface area contributed by atoms with Gasteiger partial charge in [0.25, 0.3) is 0 Å². The summed E-state index contributed by atoms with van der Waals surface area (Å²) >= 11 is 3.61. The molecule has 0 radical (unpaired) electrons. The van der Waals surface area contributed by atoms with Crippen LogP contribution in [0.5, 0.6) is 17.2 Å². The monoisotopic (exact) mass is 478 g/mol. The molecule has 0 amide bonds. The van der Waals surface area contributed by atoms with Gasteiger partial charge in [0.05, 0.1) is 26.0 Å². The molecule has 0 saturated heterocycles. The highest BCUT2D eigenvalue weighted by Gasteiger charge is 2.41. The van der Waals surface area contributed by atoms with Crippen molar-refractivity contribution in [3.8, 4) is 17.2 Å². The van der Waals surface area contributed by atoms with Crippen LogP contribution in [0.25, 0.3) is 0 Å². The summed E-state index contributed by atoms with van der Waals surface area (Å²) in [4.78, 5) is 0. The van der Waals surface area contributed by atoms with Crippen LogP contribution in [0.2, 0.25) is 0 Å². The van der Waals surface area contributed by atoms with Gasteiger partial charge < -0.3 is 14.2 Å². The van der Waals surface area contributed by atoms with Gasteiger partial charge in [-0.2, -0.15) is 5.10 Å². The Morgan fingerprint density at radius 2 is 1.74 bits per heavy atom. The maximum Gasteiger partial charge on any atom is 0.214 e. The van der Waals surface area contributed by atoms with Crippen LogP contribution in [0.15, 0.2) is 70.2 Å². The Labute approximate surface area is 190 Å². The number of methoxy groups -OCH3 is 2. The van der Waals surface area contributed by atoms with Crippen molar-refractivity contribution in [1.82, 2.24) is 5.01 Å². The lowest BCUT2D eigenvalue weighted by Gasteiger charge is -2.38. The molecule has 5 nitrogen and oxygen atoms in total. The predicted octanol–water partition coefficient (Wildman–Crippen LogP) is 6.02. The fraction of sp³-hybridized carbons (Fsp3) is 0.240. The minimum atomic E-state index is -0.360. The van der Waals surface area contributed by atoms with Gasteiger partial charge in [-0.3, -0.25) is 0 Å². The number of rotatable bonds is 4. The highest BCUT2D eigenvalue weighted by molar-refractivity contribution is 9.10. The van der Waals surface area contributed by atoms with E-state index in [9.17, 15) is 0 Å². The molecule has 0 bridgehead atoms. The van der Waals surface area contributed by atoms with Gasteiger partial charge in [0.15, 0.2) is 11.5 Å². The number of nitrogens with zero attached hydrogens (tertiary/aromatic N) is 2. The molecule has 0 N–H and O–H groups in total. The van der Waals surface area contributed by atoms with Crippen LogP contribution in [-0.4, -0.2) is 24.9 Å². The zero-order valence-electron chi connectivity index (χ0n) is 17.6. The molecule has 2 aliphatic rings. The quantitative estimate of drug-likeness (QED) is 0.459. The first-order chi connectivity index (χ1) is 15.1. The van der Waals surface area contributed by atoms with Gasteiger partial charge >= 0.3 is 0 Å². The number of aryl methyl sites for hydroxylation is 1. The van der Waals surface area contributed by atoms with Crippen molar-refractivity contribution in [1.29, 1.82) is 0 Å². The SMILES string of the molecule is COc1ccc([C@H]2Oc3ccc(Br)cc3[C@H]3CC(c4ccc(C)cc4)=NN32)cc1OC. The summed E-state index contributed by atoms with van der Waals surface area (Å²) in [6.45, 7) is 2.10. The Hall–Kier alpha value is -2.99. The predicted molar refractivity (Wildman–Crippen MR) is 124 cm³/mol. The molecule has 0 unspecified atom stereocenters. The summed E-state index contributed by atoms with van der Waals surface area (Å²) in [7, 11) is 3.28. The molecule has 3 aromatic rings. The normalized spacial score (nSPS) is 19.2. The smallest absolute Gasteiger partial charge is 0.214 e. The van der Waals surface area contributed by atoms with Gasteiger partial charge in [0.2, 0.25) is 6.23 Å². The van der Waals surface area contributed by atoms with Crippen molar-refractivity contribution in [2.24, 2.45) is 5.10 Å². The Kier molecular flexibility index (Phi) is 5.10. The summed E-state index contributed by atoms with van der Waals surface area (Å²) in [5.74, 6) is 2.24. The molecule has 158 valence electrons. The van der Waals surface area contributed by atoms with Crippen LogP contribution in [0.4, 0.5) is 0 Å². The Bertz CT molecular complexity index is 1160. The van der Waals surface area contributed by atoms with Crippen LogP contribution in [-0.2, 0) is 0 Å². The van der Waals surface area contributed by atoms with E-state index in [1.807, 2.05) is 30.3 Å². The van der Waals surface area contributed by atoms with Crippen LogP contribution >= 0.6 is 15.9 Å². The number of halogens is 1. The minimum absolute atomic E-state index is 0.0932. The van der Waals surface area contributed by atoms with E-state index in [2.05, 4.69) is 58.2 Å². The van der Waals surface area contributed by atoms with Gasteiger partial charge in [0.1, 0.15) is 5.75 Å². The van der Waals surface area contributed by atoms with Crippen LogP contribution in [0.3, 0.4) is 0 Å². The van der Waals surface area contributed by atoms with E-state index < -0.39 is 0 Å². The van der Waals surface area contributed by atoms with Crippen LogP contribution in [0, 0.1) is 6.92 Å². The molecule has 2 heterocycles. The lowest BCUT2D eigenvalue weighted by atomic mass is 9.95. The van der Waals surface area contributed by atoms with Crippen molar-refractivity contribution in [2.75, 3.05) is 14.2 Å². The van der Waals surface area contributed by atoms with E-state index in [-0.39, 0.29) is 12.3 Å². The summed E-state index contributed by atoms with van der Waals surface area (Å²) in [6, 6.07) is 20.7. The van der Waals surface area contributed by atoms with Gasteiger partial charge in [0, 0.05) is 22.0 Å².